The Kier molecular flexibility index (Phi) is 8.53. The Morgan fingerprint density at radius 1 is 1.03 bits per heavy atom. The lowest BCUT2D eigenvalue weighted by Crippen LogP contribution is -2.38. The number of para-hydroxylation sites is 1. The van der Waals surface area contributed by atoms with Crippen LogP contribution in [0.4, 0.5) is 5.69 Å². The van der Waals surface area contributed by atoms with Crippen molar-refractivity contribution in [1.29, 1.82) is 0 Å². The lowest BCUT2D eigenvalue weighted by atomic mass is 9.88. The van der Waals surface area contributed by atoms with Crippen molar-refractivity contribution in [1.82, 2.24) is 4.90 Å². The SMILES string of the molecule is CC(C)Cc1ccc(C(=O)C2CCN(CCC(=O)Nc3c(Cl)cccc3Cl)CC2)cc1. The Morgan fingerprint density at radius 3 is 2.23 bits per heavy atom. The van der Waals surface area contributed by atoms with Crippen LogP contribution >= 0.6 is 23.2 Å². The van der Waals surface area contributed by atoms with E-state index in [4.69, 9.17) is 23.2 Å². The zero-order chi connectivity index (χ0) is 22.4. The third-order valence-corrected chi connectivity index (χ3v) is 6.35. The van der Waals surface area contributed by atoms with Gasteiger partial charge in [0, 0.05) is 24.4 Å². The first-order valence-corrected chi connectivity index (χ1v) is 11.7. The van der Waals surface area contributed by atoms with Crippen molar-refractivity contribution in [3.63, 3.8) is 0 Å². The van der Waals surface area contributed by atoms with Crippen LogP contribution in [0, 0.1) is 11.8 Å². The number of rotatable bonds is 8. The lowest BCUT2D eigenvalue weighted by Gasteiger charge is -2.31. The van der Waals surface area contributed by atoms with Crippen molar-refractivity contribution >= 4 is 40.6 Å². The first-order valence-electron chi connectivity index (χ1n) is 10.9. The number of hydrogen-bond donors (Lipinski definition) is 1. The molecule has 0 aromatic heterocycles. The maximum atomic E-state index is 12.9. The molecule has 4 nitrogen and oxygen atoms in total. The number of Topliss-reactive ketones (excluding diaryl/α,β-unsaturated/α-hetero) is 1. The lowest BCUT2D eigenvalue weighted by molar-refractivity contribution is -0.116. The highest BCUT2D eigenvalue weighted by molar-refractivity contribution is 6.39. The third kappa shape index (κ3) is 6.80. The van der Waals surface area contributed by atoms with Crippen LogP contribution in [0.15, 0.2) is 42.5 Å². The van der Waals surface area contributed by atoms with Crippen LogP contribution in [0.1, 0.15) is 49.0 Å². The molecule has 166 valence electrons. The maximum absolute atomic E-state index is 12.9. The largest absolute Gasteiger partial charge is 0.324 e. The van der Waals surface area contributed by atoms with Crippen LogP contribution in [-0.2, 0) is 11.2 Å². The molecular formula is C25H30Cl2N2O2. The van der Waals surface area contributed by atoms with E-state index in [1.54, 1.807) is 18.2 Å². The van der Waals surface area contributed by atoms with E-state index in [1.807, 2.05) is 12.1 Å². The summed E-state index contributed by atoms with van der Waals surface area (Å²) < 4.78 is 0. The van der Waals surface area contributed by atoms with E-state index in [1.165, 1.54) is 5.56 Å². The summed E-state index contributed by atoms with van der Waals surface area (Å²) in [6, 6.07) is 13.2. The van der Waals surface area contributed by atoms with Gasteiger partial charge < -0.3 is 10.2 Å². The highest BCUT2D eigenvalue weighted by atomic mass is 35.5. The van der Waals surface area contributed by atoms with Crippen molar-refractivity contribution in [2.24, 2.45) is 11.8 Å². The number of benzene rings is 2. The van der Waals surface area contributed by atoms with E-state index >= 15 is 0 Å². The molecule has 3 rings (SSSR count). The number of nitrogens with one attached hydrogen (secondary N) is 1. The van der Waals surface area contributed by atoms with Crippen molar-refractivity contribution in [2.75, 3.05) is 25.0 Å². The fourth-order valence-corrected chi connectivity index (χ4v) is 4.50. The average molecular weight is 461 g/mol. The normalized spacial score (nSPS) is 15.3. The Labute approximate surface area is 194 Å². The van der Waals surface area contributed by atoms with E-state index < -0.39 is 0 Å². The first-order chi connectivity index (χ1) is 14.8. The molecule has 1 amide bonds. The minimum Gasteiger partial charge on any atom is -0.324 e. The number of nitrogens with zero attached hydrogens (tertiary/aromatic N) is 1. The molecule has 31 heavy (non-hydrogen) atoms. The van der Waals surface area contributed by atoms with Crippen molar-refractivity contribution < 1.29 is 9.59 Å². The molecule has 0 aliphatic carbocycles. The van der Waals surface area contributed by atoms with E-state index in [0.29, 0.717) is 34.6 Å². The zero-order valence-electron chi connectivity index (χ0n) is 18.2. The summed E-state index contributed by atoms with van der Waals surface area (Å²) >= 11 is 12.2. The van der Waals surface area contributed by atoms with Crippen LogP contribution in [0.3, 0.4) is 0 Å². The number of ketones is 1. The second-order valence-corrected chi connectivity index (χ2v) is 9.48. The van der Waals surface area contributed by atoms with Crippen LogP contribution in [0.2, 0.25) is 10.0 Å². The molecule has 1 aliphatic heterocycles. The molecule has 0 spiro atoms. The average Bonchev–Trinajstić information content (AvgIpc) is 2.75. The Hall–Kier alpha value is -1.88. The van der Waals surface area contributed by atoms with Gasteiger partial charge in [-0.05, 0) is 56.0 Å². The molecule has 1 aliphatic rings. The topological polar surface area (TPSA) is 49.4 Å². The molecule has 1 fully saturated rings. The van der Waals surface area contributed by atoms with Crippen molar-refractivity contribution in [3.05, 3.63) is 63.6 Å². The summed E-state index contributed by atoms with van der Waals surface area (Å²) in [5.74, 6) is 0.786. The Bertz CT molecular complexity index is 884. The predicted molar refractivity (Wildman–Crippen MR) is 128 cm³/mol. The number of piperidine rings is 1. The van der Waals surface area contributed by atoms with Gasteiger partial charge in [0.1, 0.15) is 0 Å². The number of carbonyl (C=O) groups excluding carboxylic acids is 2. The molecule has 1 heterocycles. The minimum atomic E-state index is -0.116. The number of hydrogen-bond acceptors (Lipinski definition) is 3. The molecule has 0 atom stereocenters. The maximum Gasteiger partial charge on any atom is 0.225 e. The summed E-state index contributed by atoms with van der Waals surface area (Å²) in [5, 5.41) is 3.66. The number of likely N-dealkylation sites (tertiary alicyclic amines) is 1. The molecule has 0 unspecified atom stereocenters. The summed E-state index contributed by atoms with van der Waals surface area (Å²) in [6.07, 6.45) is 3.04. The minimum absolute atomic E-state index is 0.0583. The van der Waals surface area contributed by atoms with Gasteiger partial charge in [0.25, 0.3) is 0 Å². The first kappa shape index (κ1) is 23.8. The highest BCUT2D eigenvalue weighted by Crippen LogP contribution is 2.30. The molecule has 1 N–H and O–H groups in total. The van der Waals surface area contributed by atoms with Gasteiger partial charge in [0.15, 0.2) is 5.78 Å². The zero-order valence-corrected chi connectivity index (χ0v) is 19.7. The highest BCUT2D eigenvalue weighted by Gasteiger charge is 2.26. The summed E-state index contributed by atoms with van der Waals surface area (Å²) in [6.45, 7) is 6.69. The van der Waals surface area contributed by atoms with Gasteiger partial charge in [-0.25, -0.2) is 0 Å². The quantitative estimate of drug-likeness (QED) is 0.482. The van der Waals surface area contributed by atoms with Gasteiger partial charge in [-0.3, -0.25) is 9.59 Å². The molecule has 6 heteroatoms. The molecule has 2 aromatic carbocycles. The van der Waals surface area contributed by atoms with Crippen molar-refractivity contribution in [3.8, 4) is 0 Å². The van der Waals surface area contributed by atoms with Gasteiger partial charge in [0.2, 0.25) is 5.91 Å². The van der Waals surface area contributed by atoms with Gasteiger partial charge in [-0.2, -0.15) is 0 Å². The van der Waals surface area contributed by atoms with E-state index in [2.05, 4.69) is 36.2 Å². The number of anilines is 1. The molecule has 2 aromatic rings. The van der Waals surface area contributed by atoms with E-state index in [9.17, 15) is 9.59 Å². The van der Waals surface area contributed by atoms with Crippen LogP contribution in [-0.4, -0.2) is 36.2 Å². The van der Waals surface area contributed by atoms with Crippen LogP contribution in [0.25, 0.3) is 0 Å². The fourth-order valence-electron chi connectivity index (χ4n) is 4.01. The van der Waals surface area contributed by atoms with Crippen LogP contribution in [0.5, 0.6) is 0 Å². The van der Waals surface area contributed by atoms with Gasteiger partial charge >= 0.3 is 0 Å². The number of amides is 1. The van der Waals surface area contributed by atoms with Gasteiger partial charge in [0.05, 0.1) is 15.7 Å². The molecular weight excluding hydrogens is 431 g/mol. The monoisotopic (exact) mass is 460 g/mol. The smallest absolute Gasteiger partial charge is 0.225 e. The van der Waals surface area contributed by atoms with Crippen molar-refractivity contribution in [2.45, 2.75) is 39.5 Å². The number of halogens is 2. The van der Waals surface area contributed by atoms with E-state index in [-0.39, 0.29) is 17.6 Å². The van der Waals surface area contributed by atoms with Crippen LogP contribution < -0.4 is 5.32 Å². The van der Waals surface area contributed by atoms with Gasteiger partial charge in [-0.1, -0.05) is 67.4 Å². The predicted octanol–water partition coefficient (Wildman–Crippen LogP) is 6.12. The van der Waals surface area contributed by atoms with Gasteiger partial charge in [-0.15, -0.1) is 0 Å². The summed E-state index contributed by atoms with van der Waals surface area (Å²) in [4.78, 5) is 27.4. The third-order valence-electron chi connectivity index (χ3n) is 5.72. The molecule has 1 saturated heterocycles. The summed E-state index contributed by atoms with van der Waals surface area (Å²) in [5.41, 5.74) is 2.54. The second kappa shape index (κ2) is 11.1. The second-order valence-electron chi connectivity index (χ2n) is 8.67. The summed E-state index contributed by atoms with van der Waals surface area (Å²) in [7, 11) is 0. The molecule has 0 bridgehead atoms. The number of carbonyl (C=O) groups is 2. The molecule has 0 radical (unpaired) electrons. The molecule has 0 saturated carbocycles. The van der Waals surface area contributed by atoms with E-state index in [0.717, 1.165) is 37.9 Å². The fraction of sp³-hybridized carbons (Fsp3) is 0.440. The Balaban J connectivity index is 1.44. The Morgan fingerprint density at radius 2 is 1.65 bits per heavy atom. The standard InChI is InChI=1S/C25H30Cl2N2O2/c1-17(2)16-18-6-8-19(9-7-18)25(31)20-10-13-29(14-11-20)15-12-23(30)28-24-21(26)4-3-5-22(24)27/h3-9,17,20H,10-16H2,1-2H3,(H,28,30).